The normalized spacial score (nSPS) is 16.5. The van der Waals surface area contributed by atoms with Gasteiger partial charge in [-0.05, 0) is 12.8 Å². The monoisotopic (exact) mass is 268 g/mol. The molecule has 0 spiro atoms. The molecule has 0 aliphatic carbocycles. The lowest BCUT2D eigenvalue weighted by atomic mass is 10.4. The molecular formula is C11H20N6O2. The molecule has 0 bridgehead atoms. The van der Waals surface area contributed by atoms with E-state index in [2.05, 4.69) is 30.5 Å². The Labute approximate surface area is 111 Å². The quantitative estimate of drug-likeness (QED) is 0.535. The van der Waals surface area contributed by atoms with Crippen LogP contribution in [0.3, 0.4) is 0 Å². The van der Waals surface area contributed by atoms with Gasteiger partial charge in [0.2, 0.25) is 17.8 Å². The van der Waals surface area contributed by atoms with Gasteiger partial charge in [0, 0.05) is 26.7 Å². The molecule has 1 aliphatic rings. The molecule has 8 heteroatoms. The Balaban J connectivity index is 2.11. The van der Waals surface area contributed by atoms with Crippen molar-refractivity contribution < 1.29 is 10.2 Å². The summed E-state index contributed by atoms with van der Waals surface area (Å²) in [5.74, 6) is 1.52. The Hall–Kier alpha value is -1.67. The second-order valence-electron chi connectivity index (χ2n) is 4.44. The van der Waals surface area contributed by atoms with E-state index in [1.165, 1.54) is 0 Å². The fourth-order valence-corrected chi connectivity index (χ4v) is 1.89. The lowest BCUT2D eigenvalue weighted by Gasteiger charge is -2.17. The maximum absolute atomic E-state index is 9.32. The van der Waals surface area contributed by atoms with E-state index in [-0.39, 0.29) is 13.2 Å². The minimum atomic E-state index is -0.829. The van der Waals surface area contributed by atoms with Crippen LogP contribution in [0.1, 0.15) is 12.8 Å². The first-order valence-electron chi connectivity index (χ1n) is 6.44. The van der Waals surface area contributed by atoms with E-state index in [9.17, 15) is 5.11 Å². The predicted molar refractivity (Wildman–Crippen MR) is 72.4 cm³/mol. The van der Waals surface area contributed by atoms with Crippen LogP contribution in [-0.2, 0) is 0 Å². The van der Waals surface area contributed by atoms with Crippen molar-refractivity contribution in [3.05, 3.63) is 0 Å². The minimum absolute atomic E-state index is 0.198. The second-order valence-corrected chi connectivity index (χ2v) is 4.44. The molecular weight excluding hydrogens is 248 g/mol. The maximum atomic E-state index is 9.32. The number of nitrogens with zero attached hydrogens (tertiary/aromatic N) is 4. The van der Waals surface area contributed by atoms with Crippen molar-refractivity contribution in [2.24, 2.45) is 0 Å². The zero-order chi connectivity index (χ0) is 13.7. The average Bonchev–Trinajstić information content (AvgIpc) is 2.98. The van der Waals surface area contributed by atoms with Crippen LogP contribution in [-0.4, -0.2) is 64.6 Å². The van der Waals surface area contributed by atoms with Crippen molar-refractivity contribution in [2.75, 3.05) is 48.8 Å². The molecule has 106 valence electrons. The molecule has 1 aliphatic heterocycles. The second kappa shape index (κ2) is 6.48. The highest BCUT2D eigenvalue weighted by Gasteiger charge is 2.17. The highest BCUT2D eigenvalue weighted by atomic mass is 16.3. The van der Waals surface area contributed by atoms with Gasteiger partial charge in [-0.15, -0.1) is 0 Å². The van der Waals surface area contributed by atoms with Gasteiger partial charge in [0.15, 0.2) is 0 Å². The van der Waals surface area contributed by atoms with Crippen LogP contribution in [0.2, 0.25) is 0 Å². The molecule has 0 saturated carbocycles. The van der Waals surface area contributed by atoms with Crippen LogP contribution in [0, 0.1) is 0 Å². The van der Waals surface area contributed by atoms with E-state index < -0.39 is 6.10 Å². The Bertz CT molecular complexity index is 410. The van der Waals surface area contributed by atoms with E-state index >= 15 is 0 Å². The SMILES string of the molecule is CNc1nc(NCC(O)CO)nc(N2CCCC2)n1. The Morgan fingerprint density at radius 1 is 1.21 bits per heavy atom. The van der Waals surface area contributed by atoms with Crippen molar-refractivity contribution in [1.82, 2.24) is 15.0 Å². The van der Waals surface area contributed by atoms with Crippen LogP contribution in [0.15, 0.2) is 0 Å². The molecule has 1 aromatic heterocycles. The third-order valence-corrected chi connectivity index (χ3v) is 2.94. The van der Waals surface area contributed by atoms with Gasteiger partial charge in [-0.25, -0.2) is 0 Å². The van der Waals surface area contributed by atoms with Crippen LogP contribution >= 0.6 is 0 Å². The molecule has 0 radical (unpaired) electrons. The molecule has 1 aromatic rings. The summed E-state index contributed by atoms with van der Waals surface area (Å²) in [7, 11) is 1.75. The fraction of sp³-hybridized carbons (Fsp3) is 0.727. The van der Waals surface area contributed by atoms with Crippen LogP contribution < -0.4 is 15.5 Å². The number of aliphatic hydroxyl groups is 2. The fourth-order valence-electron chi connectivity index (χ4n) is 1.89. The lowest BCUT2D eigenvalue weighted by molar-refractivity contribution is 0.105. The summed E-state index contributed by atoms with van der Waals surface area (Å²) in [5.41, 5.74) is 0. The molecule has 0 amide bonds. The molecule has 1 atom stereocenters. The largest absolute Gasteiger partial charge is 0.394 e. The van der Waals surface area contributed by atoms with Crippen LogP contribution in [0.4, 0.5) is 17.8 Å². The zero-order valence-corrected chi connectivity index (χ0v) is 11.0. The number of nitrogens with one attached hydrogen (secondary N) is 2. The molecule has 2 heterocycles. The first kappa shape index (κ1) is 13.8. The standard InChI is InChI=1S/C11H20N6O2/c1-12-9-14-10(13-6-8(19)7-18)16-11(15-9)17-4-2-3-5-17/h8,18-19H,2-7H2,1H3,(H2,12,13,14,15,16). The smallest absolute Gasteiger partial charge is 0.231 e. The predicted octanol–water partition coefficient (Wildman–Crippen LogP) is -0.721. The Morgan fingerprint density at radius 3 is 2.53 bits per heavy atom. The van der Waals surface area contributed by atoms with Gasteiger partial charge in [0.05, 0.1) is 12.7 Å². The number of hydrogen-bond acceptors (Lipinski definition) is 8. The highest BCUT2D eigenvalue weighted by Crippen LogP contribution is 2.18. The van der Waals surface area contributed by atoms with Gasteiger partial charge >= 0.3 is 0 Å². The van der Waals surface area contributed by atoms with Gasteiger partial charge < -0.3 is 25.7 Å². The number of rotatable bonds is 6. The van der Waals surface area contributed by atoms with Gasteiger partial charge in [-0.1, -0.05) is 0 Å². The first-order valence-corrected chi connectivity index (χ1v) is 6.44. The molecule has 19 heavy (non-hydrogen) atoms. The van der Waals surface area contributed by atoms with Gasteiger partial charge in [-0.3, -0.25) is 0 Å². The summed E-state index contributed by atoms with van der Waals surface area (Å²) in [6.07, 6.45) is 1.46. The number of aromatic nitrogens is 3. The Kier molecular flexibility index (Phi) is 4.69. The van der Waals surface area contributed by atoms with Crippen LogP contribution in [0.5, 0.6) is 0 Å². The van der Waals surface area contributed by atoms with E-state index in [1.54, 1.807) is 7.05 Å². The lowest BCUT2D eigenvalue weighted by Crippen LogP contribution is -2.26. The third-order valence-electron chi connectivity index (χ3n) is 2.94. The van der Waals surface area contributed by atoms with Gasteiger partial charge in [-0.2, -0.15) is 15.0 Å². The van der Waals surface area contributed by atoms with Gasteiger partial charge in [0.1, 0.15) is 0 Å². The minimum Gasteiger partial charge on any atom is -0.394 e. The van der Waals surface area contributed by atoms with Crippen molar-refractivity contribution in [3.8, 4) is 0 Å². The van der Waals surface area contributed by atoms with E-state index in [0.29, 0.717) is 17.8 Å². The molecule has 1 unspecified atom stereocenters. The van der Waals surface area contributed by atoms with E-state index in [4.69, 9.17) is 5.11 Å². The summed E-state index contributed by atoms with van der Waals surface area (Å²) in [5, 5.41) is 23.9. The summed E-state index contributed by atoms with van der Waals surface area (Å²) < 4.78 is 0. The van der Waals surface area contributed by atoms with Crippen LogP contribution in [0.25, 0.3) is 0 Å². The van der Waals surface area contributed by atoms with Crippen molar-refractivity contribution >= 4 is 17.8 Å². The van der Waals surface area contributed by atoms with E-state index in [1.807, 2.05) is 0 Å². The van der Waals surface area contributed by atoms with Crippen molar-refractivity contribution in [1.29, 1.82) is 0 Å². The number of aliphatic hydroxyl groups excluding tert-OH is 2. The van der Waals surface area contributed by atoms with Crippen molar-refractivity contribution in [2.45, 2.75) is 18.9 Å². The molecule has 4 N–H and O–H groups in total. The molecule has 8 nitrogen and oxygen atoms in total. The molecule has 1 saturated heterocycles. The maximum Gasteiger partial charge on any atom is 0.231 e. The van der Waals surface area contributed by atoms with Gasteiger partial charge in [0.25, 0.3) is 0 Å². The highest BCUT2D eigenvalue weighted by molar-refractivity contribution is 5.44. The van der Waals surface area contributed by atoms with E-state index in [0.717, 1.165) is 25.9 Å². The summed E-state index contributed by atoms with van der Waals surface area (Å²) in [6, 6.07) is 0. The van der Waals surface area contributed by atoms with Crippen molar-refractivity contribution in [3.63, 3.8) is 0 Å². The average molecular weight is 268 g/mol. The number of hydrogen-bond donors (Lipinski definition) is 4. The zero-order valence-electron chi connectivity index (χ0n) is 11.0. The Morgan fingerprint density at radius 2 is 1.89 bits per heavy atom. The first-order chi connectivity index (χ1) is 9.22. The third kappa shape index (κ3) is 3.65. The summed E-state index contributed by atoms with van der Waals surface area (Å²) in [4.78, 5) is 14.9. The topological polar surface area (TPSA) is 106 Å². The molecule has 1 fully saturated rings. The summed E-state index contributed by atoms with van der Waals surface area (Å²) in [6.45, 7) is 1.80. The number of anilines is 3. The summed E-state index contributed by atoms with van der Waals surface area (Å²) >= 11 is 0. The molecule has 0 aromatic carbocycles. The molecule has 2 rings (SSSR count).